The van der Waals surface area contributed by atoms with Crippen LogP contribution in [0, 0.1) is 31.1 Å². The monoisotopic (exact) mass is 455 g/mol. The predicted molar refractivity (Wildman–Crippen MR) is 132 cm³/mol. The van der Waals surface area contributed by atoms with Gasteiger partial charge in [0.1, 0.15) is 5.82 Å². The lowest BCUT2D eigenvalue weighted by atomic mass is 9.98. The highest BCUT2D eigenvalue weighted by atomic mass is 16.2. The van der Waals surface area contributed by atoms with Crippen molar-refractivity contribution in [2.75, 3.05) is 36.4 Å². The number of anilines is 2. The van der Waals surface area contributed by atoms with E-state index in [1.807, 2.05) is 43.1 Å². The lowest BCUT2D eigenvalue weighted by molar-refractivity contribution is -0.132. The van der Waals surface area contributed by atoms with Crippen molar-refractivity contribution in [1.29, 1.82) is 5.26 Å². The third-order valence-corrected chi connectivity index (χ3v) is 6.99. The summed E-state index contributed by atoms with van der Waals surface area (Å²) in [6.45, 7) is 8.99. The molecular weight excluding hydrogens is 426 g/mol. The Kier molecular flexibility index (Phi) is 5.78. The topological polar surface area (TPSA) is 98.0 Å². The van der Waals surface area contributed by atoms with Crippen molar-refractivity contribution in [1.82, 2.24) is 20.1 Å². The summed E-state index contributed by atoms with van der Waals surface area (Å²) < 4.78 is 0. The van der Waals surface area contributed by atoms with E-state index in [-0.39, 0.29) is 12.0 Å². The second kappa shape index (κ2) is 8.90. The number of nitrogens with one attached hydrogen (secondary N) is 1. The van der Waals surface area contributed by atoms with Gasteiger partial charge < -0.3 is 15.1 Å². The fourth-order valence-corrected chi connectivity index (χ4v) is 4.71. The zero-order chi connectivity index (χ0) is 23.8. The van der Waals surface area contributed by atoms with Crippen LogP contribution in [-0.4, -0.2) is 52.2 Å². The van der Waals surface area contributed by atoms with E-state index >= 15 is 0 Å². The number of hydrogen-bond donors (Lipinski definition) is 1. The minimum absolute atomic E-state index is 0.0536. The first-order chi connectivity index (χ1) is 16.5. The number of nitriles is 1. The molecule has 5 rings (SSSR count). The number of aromatic nitrogens is 3. The van der Waals surface area contributed by atoms with Crippen LogP contribution < -0.4 is 10.2 Å². The molecule has 0 radical (unpaired) electrons. The molecule has 8 heteroatoms. The summed E-state index contributed by atoms with van der Waals surface area (Å²) in [5.41, 5.74) is 3.53. The predicted octanol–water partition coefficient (Wildman–Crippen LogP) is 3.75. The Morgan fingerprint density at radius 2 is 1.91 bits per heavy atom. The summed E-state index contributed by atoms with van der Waals surface area (Å²) in [6.07, 6.45) is 3.95. The Labute approximate surface area is 199 Å². The fraction of sp³-hybridized carbons (Fsp3) is 0.423. The maximum atomic E-state index is 12.4. The molecule has 174 valence electrons. The van der Waals surface area contributed by atoms with Crippen LogP contribution in [0.15, 0.2) is 30.5 Å². The van der Waals surface area contributed by atoms with E-state index < -0.39 is 0 Å². The number of rotatable bonds is 5. The summed E-state index contributed by atoms with van der Waals surface area (Å²) in [4.78, 5) is 21.3. The van der Waals surface area contributed by atoms with Crippen LogP contribution >= 0.6 is 0 Å². The smallest absolute Gasteiger partial charge is 0.225 e. The first-order valence-corrected chi connectivity index (χ1v) is 11.9. The zero-order valence-electron chi connectivity index (χ0n) is 19.9. The van der Waals surface area contributed by atoms with Crippen molar-refractivity contribution in [2.24, 2.45) is 5.92 Å². The molecule has 1 atom stereocenters. The molecule has 1 saturated heterocycles. The van der Waals surface area contributed by atoms with E-state index in [1.165, 1.54) is 0 Å². The van der Waals surface area contributed by atoms with Crippen LogP contribution in [0.5, 0.6) is 0 Å². The Morgan fingerprint density at radius 3 is 2.62 bits per heavy atom. The summed E-state index contributed by atoms with van der Waals surface area (Å²) in [5, 5.41) is 23.6. The molecule has 1 aliphatic carbocycles. The number of pyridine rings is 1. The summed E-state index contributed by atoms with van der Waals surface area (Å²) >= 11 is 0. The summed E-state index contributed by atoms with van der Waals surface area (Å²) in [6, 6.07) is 10.1. The van der Waals surface area contributed by atoms with Crippen LogP contribution in [-0.2, 0) is 4.79 Å². The van der Waals surface area contributed by atoms with Crippen LogP contribution in [0.3, 0.4) is 0 Å². The minimum Gasteiger partial charge on any atom is -0.362 e. The van der Waals surface area contributed by atoms with Gasteiger partial charge in [0.05, 0.1) is 23.4 Å². The Hall–Kier alpha value is -3.73. The molecule has 34 heavy (non-hydrogen) atoms. The summed E-state index contributed by atoms with van der Waals surface area (Å²) in [5.74, 6) is 2.16. The fourth-order valence-electron chi connectivity index (χ4n) is 4.71. The first kappa shape index (κ1) is 22.1. The quantitative estimate of drug-likeness (QED) is 0.626. The number of carbonyl (C=O) groups is 1. The van der Waals surface area contributed by atoms with Crippen molar-refractivity contribution in [3.8, 4) is 6.07 Å². The first-order valence-electron chi connectivity index (χ1n) is 11.9. The van der Waals surface area contributed by atoms with E-state index in [4.69, 9.17) is 4.98 Å². The largest absolute Gasteiger partial charge is 0.362 e. The van der Waals surface area contributed by atoms with E-state index in [1.54, 1.807) is 0 Å². The van der Waals surface area contributed by atoms with Crippen molar-refractivity contribution in [3.63, 3.8) is 0 Å². The number of benzene rings is 1. The molecule has 3 aromatic rings. The maximum Gasteiger partial charge on any atom is 0.225 e. The number of nitrogens with zero attached hydrogens (tertiary/aromatic N) is 6. The molecule has 1 saturated carbocycles. The second-order valence-corrected chi connectivity index (χ2v) is 9.31. The molecule has 0 spiro atoms. The highest BCUT2D eigenvalue weighted by Gasteiger charge is 2.34. The molecule has 0 bridgehead atoms. The van der Waals surface area contributed by atoms with Gasteiger partial charge in [-0.2, -0.15) is 10.4 Å². The van der Waals surface area contributed by atoms with Gasteiger partial charge in [-0.3, -0.25) is 4.79 Å². The van der Waals surface area contributed by atoms with Crippen molar-refractivity contribution >= 4 is 28.3 Å². The number of fused-ring (bicyclic) bond motifs is 1. The van der Waals surface area contributed by atoms with Gasteiger partial charge in [-0.25, -0.2) is 4.98 Å². The van der Waals surface area contributed by atoms with E-state index in [0.29, 0.717) is 17.3 Å². The normalized spacial score (nSPS) is 16.9. The molecule has 2 aromatic heterocycles. The standard InChI is InChI=1S/C26H29N7O/c1-16-20(14-27)5-4-6-21(16)17(2)29-25-22-13-24(28-15-23(22)18(3)30-31-25)32-9-11-33(12-10-32)26(34)19-7-8-19/h4-6,13,15,17,19H,7-12H2,1-3H3,(H,29,31). The molecule has 2 aliphatic rings. The van der Waals surface area contributed by atoms with E-state index in [2.05, 4.69) is 39.5 Å². The molecule has 2 fully saturated rings. The van der Waals surface area contributed by atoms with Gasteiger partial charge in [0, 0.05) is 49.1 Å². The third-order valence-electron chi connectivity index (χ3n) is 6.99. The van der Waals surface area contributed by atoms with Crippen molar-refractivity contribution in [2.45, 2.75) is 39.7 Å². The highest BCUT2D eigenvalue weighted by molar-refractivity contribution is 5.94. The molecule has 8 nitrogen and oxygen atoms in total. The summed E-state index contributed by atoms with van der Waals surface area (Å²) in [7, 11) is 0. The van der Waals surface area contributed by atoms with Gasteiger partial charge >= 0.3 is 0 Å². The lowest BCUT2D eigenvalue weighted by Crippen LogP contribution is -2.49. The highest BCUT2D eigenvalue weighted by Crippen LogP contribution is 2.32. The molecular formula is C26H29N7O. The number of piperazine rings is 1. The number of carbonyl (C=O) groups excluding carboxylic acids is 1. The van der Waals surface area contributed by atoms with Crippen LogP contribution in [0.1, 0.15) is 48.2 Å². The lowest BCUT2D eigenvalue weighted by Gasteiger charge is -2.35. The van der Waals surface area contributed by atoms with Gasteiger partial charge in [0.2, 0.25) is 5.91 Å². The Morgan fingerprint density at radius 1 is 1.15 bits per heavy atom. The van der Waals surface area contributed by atoms with Gasteiger partial charge in [-0.05, 0) is 56.9 Å². The maximum absolute atomic E-state index is 12.4. The molecule has 1 aliphatic heterocycles. The molecule has 1 N–H and O–H groups in total. The second-order valence-electron chi connectivity index (χ2n) is 9.31. The molecule has 1 aromatic carbocycles. The minimum atomic E-state index is -0.0536. The van der Waals surface area contributed by atoms with Gasteiger partial charge in [0.25, 0.3) is 0 Å². The molecule has 1 unspecified atom stereocenters. The number of hydrogen-bond acceptors (Lipinski definition) is 7. The van der Waals surface area contributed by atoms with Crippen LogP contribution in [0.2, 0.25) is 0 Å². The Balaban J connectivity index is 1.40. The van der Waals surface area contributed by atoms with Gasteiger partial charge in [0.15, 0.2) is 5.82 Å². The van der Waals surface area contributed by atoms with E-state index in [0.717, 1.165) is 72.4 Å². The number of aryl methyl sites for hydroxylation is 1. The SMILES string of the molecule is Cc1c(C#N)cccc1C(C)Nc1nnc(C)c2cnc(N3CCN(C(=O)C4CC4)CC3)cc12. The number of amides is 1. The Bertz CT molecular complexity index is 1290. The van der Waals surface area contributed by atoms with Gasteiger partial charge in [-0.15, -0.1) is 5.10 Å². The average molecular weight is 456 g/mol. The van der Waals surface area contributed by atoms with Crippen LogP contribution in [0.4, 0.5) is 11.6 Å². The zero-order valence-corrected chi connectivity index (χ0v) is 19.9. The average Bonchev–Trinajstić information content (AvgIpc) is 3.71. The van der Waals surface area contributed by atoms with Crippen LogP contribution in [0.25, 0.3) is 10.8 Å². The van der Waals surface area contributed by atoms with E-state index in [9.17, 15) is 10.1 Å². The van der Waals surface area contributed by atoms with Gasteiger partial charge in [-0.1, -0.05) is 12.1 Å². The van der Waals surface area contributed by atoms with Crippen molar-refractivity contribution < 1.29 is 4.79 Å². The molecule has 1 amide bonds. The third kappa shape index (κ3) is 4.14. The molecule has 3 heterocycles. The van der Waals surface area contributed by atoms with Crippen molar-refractivity contribution in [3.05, 3.63) is 52.8 Å².